The predicted molar refractivity (Wildman–Crippen MR) is 113 cm³/mol. The number of hydrogen-bond donors (Lipinski definition) is 1. The van der Waals surface area contributed by atoms with Crippen molar-refractivity contribution in [1.29, 1.82) is 0 Å². The molecule has 0 spiro atoms. The van der Waals surface area contributed by atoms with E-state index in [0.717, 1.165) is 62.0 Å². The average Bonchev–Trinajstić information content (AvgIpc) is 2.79. The van der Waals surface area contributed by atoms with Crippen LogP contribution in [0.3, 0.4) is 0 Å². The number of piperidine rings is 1. The van der Waals surface area contributed by atoms with Gasteiger partial charge in [-0.1, -0.05) is 36.4 Å². The zero-order valence-electron chi connectivity index (χ0n) is 16.8. The van der Waals surface area contributed by atoms with Gasteiger partial charge in [0.25, 0.3) is 5.91 Å². The number of ether oxygens (including phenoxy) is 1. The van der Waals surface area contributed by atoms with Crippen LogP contribution in [0.2, 0.25) is 0 Å². The molecule has 4 rings (SSSR count). The number of nitrogens with zero attached hydrogens (tertiary/aromatic N) is 2. The number of likely N-dealkylation sites (tertiary alicyclic amines) is 1. The van der Waals surface area contributed by atoms with Crippen LogP contribution in [0.15, 0.2) is 42.5 Å². The molecule has 2 aliphatic rings. The highest BCUT2D eigenvalue weighted by atomic mass is 16.5. The van der Waals surface area contributed by atoms with Gasteiger partial charge in [0.2, 0.25) is 5.91 Å². The van der Waals surface area contributed by atoms with Crippen molar-refractivity contribution in [3.8, 4) is 0 Å². The zero-order valence-corrected chi connectivity index (χ0v) is 16.8. The molecule has 154 valence electrons. The number of amides is 2. The summed E-state index contributed by atoms with van der Waals surface area (Å²) in [5, 5.41) is 5.14. The molecule has 6 nitrogen and oxygen atoms in total. The highest BCUT2D eigenvalue weighted by Crippen LogP contribution is 2.23. The van der Waals surface area contributed by atoms with Crippen LogP contribution in [0.5, 0.6) is 0 Å². The molecular weight excluding hydrogens is 366 g/mol. The highest BCUT2D eigenvalue weighted by Gasteiger charge is 2.28. The van der Waals surface area contributed by atoms with E-state index in [1.165, 1.54) is 0 Å². The summed E-state index contributed by atoms with van der Waals surface area (Å²) in [6.07, 6.45) is 1.44. The van der Waals surface area contributed by atoms with Crippen LogP contribution in [0, 0.1) is 5.92 Å². The Labute approximate surface area is 171 Å². The second-order valence-corrected chi connectivity index (χ2v) is 7.84. The van der Waals surface area contributed by atoms with Crippen molar-refractivity contribution in [2.45, 2.75) is 12.8 Å². The summed E-state index contributed by atoms with van der Waals surface area (Å²) < 4.78 is 5.35. The summed E-state index contributed by atoms with van der Waals surface area (Å²) in [5.74, 6) is 0.180. The molecule has 0 aliphatic carbocycles. The summed E-state index contributed by atoms with van der Waals surface area (Å²) in [4.78, 5) is 29.8. The number of fused-ring (bicyclic) bond motifs is 1. The van der Waals surface area contributed by atoms with Crippen LogP contribution >= 0.6 is 0 Å². The largest absolute Gasteiger partial charge is 0.379 e. The first-order valence-corrected chi connectivity index (χ1v) is 10.6. The van der Waals surface area contributed by atoms with Crippen LogP contribution in [0.25, 0.3) is 10.8 Å². The van der Waals surface area contributed by atoms with Crippen LogP contribution in [-0.4, -0.2) is 74.1 Å². The van der Waals surface area contributed by atoms with E-state index < -0.39 is 0 Å². The minimum absolute atomic E-state index is 0.00347. The molecule has 0 unspecified atom stereocenters. The van der Waals surface area contributed by atoms with Crippen molar-refractivity contribution in [3.63, 3.8) is 0 Å². The lowest BCUT2D eigenvalue weighted by atomic mass is 9.95. The smallest absolute Gasteiger partial charge is 0.254 e. The molecule has 6 heteroatoms. The van der Waals surface area contributed by atoms with Crippen LogP contribution in [0.4, 0.5) is 0 Å². The summed E-state index contributed by atoms with van der Waals surface area (Å²) >= 11 is 0. The minimum Gasteiger partial charge on any atom is -0.379 e. The average molecular weight is 396 g/mol. The Hall–Kier alpha value is -2.44. The Balaban J connectivity index is 1.27. The molecule has 1 N–H and O–H groups in total. The molecule has 0 atom stereocenters. The summed E-state index contributed by atoms with van der Waals surface area (Å²) in [5.41, 5.74) is 0.747. The Morgan fingerprint density at radius 1 is 0.966 bits per heavy atom. The van der Waals surface area contributed by atoms with Crippen molar-refractivity contribution >= 4 is 22.6 Å². The molecule has 2 saturated heterocycles. The lowest BCUT2D eigenvalue weighted by Crippen LogP contribution is -2.45. The van der Waals surface area contributed by atoms with Gasteiger partial charge in [0.05, 0.1) is 13.2 Å². The number of rotatable bonds is 5. The maximum atomic E-state index is 13.0. The Morgan fingerprint density at radius 3 is 2.48 bits per heavy atom. The van der Waals surface area contributed by atoms with Crippen LogP contribution in [-0.2, 0) is 9.53 Å². The van der Waals surface area contributed by atoms with Gasteiger partial charge in [-0.3, -0.25) is 14.5 Å². The molecule has 0 aromatic heterocycles. The van der Waals surface area contributed by atoms with E-state index in [9.17, 15) is 9.59 Å². The van der Waals surface area contributed by atoms with Gasteiger partial charge >= 0.3 is 0 Å². The number of nitrogens with one attached hydrogen (secondary N) is 1. The second-order valence-electron chi connectivity index (χ2n) is 7.84. The maximum Gasteiger partial charge on any atom is 0.254 e. The highest BCUT2D eigenvalue weighted by molar-refractivity contribution is 6.07. The van der Waals surface area contributed by atoms with E-state index in [0.29, 0.717) is 19.6 Å². The number of benzene rings is 2. The molecule has 2 aromatic rings. The first kappa shape index (κ1) is 19.9. The molecule has 2 amide bonds. The predicted octanol–water partition coefficient (Wildman–Crippen LogP) is 2.14. The van der Waals surface area contributed by atoms with Gasteiger partial charge in [-0.05, 0) is 29.7 Å². The Kier molecular flexibility index (Phi) is 6.42. The van der Waals surface area contributed by atoms with Crippen molar-refractivity contribution in [1.82, 2.24) is 15.1 Å². The van der Waals surface area contributed by atoms with Crippen molar-refractivity contribution in [3.05, 3.63) is 48.0 Å². The van der Waals surface area contributed by atoms with Gasteiger partial charge in [0.1, 0.15) is 0 Å². The van der Waals surface area contributed by atoms with Gasteiger partial charge in [-0.2, -0.15) is 0 Å². The molecule has 0 saturated carbocycles. The first-order chi connectivity index (χ1) is 14.2. The van der Waals surface area contributed by atoms with E-state index >= 15 is 0 Å². The van der Waals surface area contributed by atoms with E-state index in [-0.39, 0.29) is 17.7 Å². The lowest BCUT2D eigenvalue weighted by Gasteiger charge is -2.32. The van der Waals surface area contributed by atoms with Gasteiger partial charge in [0, 0.05) is 50.7 Å². The number of carbonyl (C=O) groups excluding carboxylic acids is 2. The topological polar surface area (TPSA) is 61.9 Å². The van der Waals surface area contributed by atoms with Crippen LogP contribution in [0.1, 0.15) is 23.2 Å². The van der Waals surface area contributed by atoms with E-state index in [4.69, 9.17) is 4.74 Å². The minimum atomic E-state index is -0.00347. The third-order valence-corrected chi connectivity index (χ3v) is 6.00. The molecule has 2 heterocycles. The normalized spacial score (nSPS) is 18.7. The van der Waals surface area contributed by atoms with Gasteiger partial charge < -0.3 is 15.0 Å². The molecular formula is C23H29N3O3. The fraction of sp³-hybridized carbons (Fsp3) is 0.478. The molecule has 0 bridgehead atoms. The summed E-state index contributed by atoms with van der Waals surface area (Å²) in [7, 11) is 0. The monoisotopic (exact) mass is 395 g/mol. The van der Waals surface area contributed by atoms with Crippen molar-refractivity contribution in [2.24, 2.45) is 5.92 Å². The molecule has 2 fully saturated rings. The fourth-order valence-electron chi connectivity index (χ4n) is 4.23. The van der Waals surface area contributed by atoms with E-state index in [1.54, 1.807) is 0 Å². The third kappa shape index (κ3) is 4.77. The maximum absolute atomic E-state index is 13.0. The van der Waals surface area contributed by atoms with Gasteiger partial charge in [0.15, 0.2) is 0 Å². The van der Waals surface area contributed by atoms with E-state index in [1.807, 2.05) is 47.4 Å². The number of hydrogen-bond acceptors (Lipinski definition) is 4. The Morgan fingerprint density at radius 2 is 1.69 bits per heavy atom. The Bertz CT molecular complexity index is 850. The van der Waals surface area contributed by atoms with Gasteiger partial charge in [-0.15, -0.1) is 0 Å². The van der Waals surface area contributed by atoms with Crippen LogP contribution < -0.4 is 5.32 Å². The quantitative estimate of drug-likeness (QED) is 0.843. The summed E-state index contributed by atoms with van der Waals surface area (Å²) in [6.45, 7) is 6.22. The standard InChI is InChI=1S/C23H29N3O3/c27-22(24-10-13-25-14-16-29-17-15-25)19-8-11-26(12-9-19)23(28)21-7-3-5-18-4-1-2-6-20(18)21/h1-7,19H,8-17H2,(H,24,27). The third-order valence-electron chi connectivity index (χ3n) is 6.00. The fourth-order valence-corrected chi connectivity index (χ4v) is 4.23. The first-order valence-electron chi connectivity index (χ1n) is 10.6. The molecule has 0 radical (unpaired) electrons. The van der Waals surface area contributed by atoms with Crippen molar-refractivity contribution in [2.75, 3.05) is 52.5 Å². The van der Waals surface area contributed by atoms with Crippen molar-refractivity contribution < 1.29 is 14.3 Å². The summed E-state index contributed by atoms with van der Waals surface area (Å²) in [6, 6.07) is 13.8. The zero-order chi connectivity index (χ0) is 20.1. The SMILES string of the molecule is O=C(NCCN1CCOCC1)C1CCN(C(=O)c2cccc3ccccc23)CC1. The molecule has 2 aliphatic heterocycles. The van der Waals surface area contributed by atoms with Gasteiger partial charge in [-0.25, -0.2) is 0 Å². The lowest BCUT2D eigenvalue weighted by molar-refractivity contribution is -0.126. The molecule has 29 heavy (non-hydrogen) atoms. The number of morpholine rings is 1. The molecule has 2 aromatic carbocycles. The van der Waals surface area contributed by atoms with E-state index in [2.05, 4.69) is 10.2 Å². The number of carbonyl (C=O) groups is 2. The second kappa shape index (κ2) is 9.37.